The second kappa shape index (κ2) is 8.65. The number of carbonyl (C=O) groups excluding carboxylic acids is 1. The van der Waals surface area contributed by atoms with Gasteiger partial charge in [0.25, 0.3) is 0 Å². The Labute approximate surface area is 123 Å². The summed E-state index contributed by atoms with van der Waals surface area (Å²) in [5.74, 6) is 0.551. The quantitative estimate of drug-likeness (QED) is 0.648. The molecule has 0 aliphatic carbocycles. The third-order valence-electron chi connectivity index (χ3n) is 3.90. The van der Waals surface area contributed by atoms with Crippen LogP contribution in [0.2, 0.25) is 0 Å². The first kappa shape index (κ1) is 17.5. The summed E-state index contributed by atoms with van der Waals surface area (Å²) in [4.78, 5) is 14.0. The summed E-state index contributed by atoms with van der Waals surface area (Å²) in [6.07, 6.45) is 9.51. The van der Waals surface area contributed by atoms with E-state index in [1.54, 1.807) is 0 Å². The predicted octanol–water partition coefficient (Wildman–Crippen LogP) is 2.63. The maximum Gasteiger partial charge on any atom is 0.222 e. The number of piperidine rings is 1. The van der Waals surface area contributed by atoms with Crippen LogP contribution < -0.4 is 0 Å². The van der Waals surface area contributed by atoms with E-state index in [4.69, 9.17) is 0 Å². The molecule has 118 valence electrons. The van der Waals surface area contributed by atoms with Gasteiger partial charge in [-0.2, -0.15) is 0 Å². The van der Waals surface area contributed by atoms with Gasteiger partial charge in [-0.05, 0) is 25.2 Å². The van der Waals surface area contributed by atoms with E-state index in [9.17, 15) is 13.2 Å². The maximum atomic E-state index is 12.1. The minimum atomic E-state index is -2.94. The number of sulfone groups is 1. The Morgan fingerprint density at radius 2 is 1.90 bits per heavy atom. The van der Waals surface area contributed by atoms with Gasteiger partial charge in [0.2, 0.25) is 5.91 Å². The van der Waals surface area contributed by atoms with Gasteiger partial charge in [0, 0.05) is 25.8 Å². The predicted molar refractivity (Wildman–Crippen MR) is 82.4 cm³/mol. The van der Waals surface area contributed by atoms with Gasteiger partial charge < -0.3 is 4.90 Å². The Balaban J connectivity index is 2.29. The van der Waals surface area contributed by atoms with Crippen LogP contribution in [-0.2, 0) is 14.6 Å². The Morgan fingerprint density at radius 1 is 1.20 bits per heavy atom. The average Bonchev–Trinajstić information content (AvgIpc) is 2.36. The second-order valence-electron chi connectivity index (χ2n) is 6.10. The summed E-state index contributed by atoms with van der Waals surface area (Å²) in [6, 6.07) is 0. The van der Waals surface area contributed by atoms with E-state index in [1.165, 1.54) is 25.5 Å². The SMILES string of the molecule is CCCCCCCC(=O)N1CCC[C@H](CS(C)(=O)=O)C1. The van der Waals surface area contributed by atoms with E-state index in [1.807, 2.05) is 4.90 Å². The van der Waals surface area contributed by atoms with Crippen LogP contribution in [0, 0.1) is 5.92 Å². The van der Waals surface area contributed by atoms with E-state index >= 15 is 0 Å². The van der Waals surface area contributed by atoms with Gasteiger partial charge >= 0.3 is 0 Å². The lowest BCUT2D eigenvalue weighted by Gasteiger charge is -2.32. The highest BCUT2D eigenvalue weighted by atomic mass is 32.2. The third-order valence-corrected chi connectivity index (χ3v) is 4.98. The second-order valence-corrected chi connectivity index (χ2v) is 8.29. The molecular formula is C15H29NO3S. The molecule has 1 atom stereocenters. The first-order valence-corrected chi connectivity index (χ1v) is 9.94. The topological polar surface area (TPSA) is 54.5 Å². The molecule has 1 fully saturated rings. The molecule has 4 nitrogen and oxygen atoms in total. The van der Waals surface area contributed by atoms with Crippen molar-refractivity contribution < 1.29 is 13.2 Å². The van der Waals surface area contributed by atoms with Crippen LogP contribution in [-0.4, -0.2) is 44.3 Å². The van der Waals surface area contributed by atoms with Crippen molar-refractivity contribution >= 4 is 15.7 Å². The van der Waals surface area contributed by atoms with E-state index in [0.717, 1.165) is 32.2 Å². The summed E-state index contributed by atoms with van der Waals surface area (Å²) in [6.45, 7) is 3.61. The first-order valence-electron chi connectivity index (χ1n) is 7.88. The van der Waals surface area contributed by atoms with Crippen molar-refractivity contribution in [1.29, 1.82) is 0 Å². The standard InChI is InChI=1S/C15H29NO3S/c1-3-4-5-6-7-10-15(17)16-11-8-9-14(12-16)13-20(2,18)19/h14H,3-13H2,1-2H3/t14-/m0/s1. The number of carbonyl (C=O) groups is 1. The van der Waals surface area contributed by atoms with Crippen LogP contribution in [0.1, 0.15) is 58.3 Å². The molecule has 0 radical (unpaired) electrons. The van der Waals surface area contributed by atoms with Crippen LogP contribution >= 0.6 is 0 Å². The highest BCUT2D eigenvalue weighted by Gasteiger charge is 2.25. The molecule has 1 rings (SSSR count). The largest absolute Gasteiger partial charge is 0.342 e. The smallest absolute Gasteiger partial charge is 0.222 e. The lowest BCUT2D eigenvalue weighted by Crippen LogP contribution is -2.41. The van der Waals surface area contributed by atoms with Crippen molar-refractivity contribution in [3.05, 3.63) is 0 Å². The lowest BCUT2D eigenvalue weighted by atomic mass is 9.99. The minimum absolute atomic E-state index is 0.128. The van der Waals surface area contributed by atoms with Crippen LogP contribution in [0.15, 0.2) is 0 Å². The van der Waals surface area contributed by atoms with Crippen LogP contribution in [0.3, 0.4) is 0 Å². The summed E-state index contributed by atoms with van der Waals surface area (Å²) >= 11 is 0. The van der Waals surface area contributed by atoms with Crippen molar-refractivity contribution in [2.24, 2.45) is 5.92 Å². The molecule has 1 amide bonds. The van der Waals surface area contributed by atoms with Crippen LogP contribution in [0.4, 0.5) is 0 Å². The summed E-state index contributed by atoms with van der Waals surface area (Å²) < 4.78 is 22.7. The summed E-state index contributed by atoms with van der Waals surface area (Å²) in [7, 11) is -2.94. The summed E-state index contributed by atoms with van der Waals surface area (Å²) in [5.41, 5.74) is 0. The number of amides is 1. The highest BCUT2D eigenvalue weighted by Crippen LogP contribution is 2.19. The van der Waals surface area contributed by atoms with Crippen LogP contribution in [0.5, 0.6) is 0 Å². The van der Waals surface area contributed by atoms with Gasteiger partial charge in [-0.15, -0.1) is 0 Å². The first-order chi connectivity index (χ1) is 9.42. The number of rotatable bonds is 8. The van der Waals surface area contributed by atoms with E-state index in [0.29, 0.717) is 13.0 Å². The van der Waals surface area contributed by atoms with Crippen LogP contribution in [0.25, 0.3) is 0 Å². The number of nitrogens with zero attached hydrogens (tertiary/aromatic N) is 1. The van der Waals surface area contributed by atoms with Gasteiger partial charge in [0.1, 0.15) is 9.84 Å². The maximum absolute atomic E-state index is 12.1. The molecule has 1 saturated heterocycles. The molecule has 0 unspecified atom stereocenters. The van der Waals surface area contributed by atoms with E-state index in [2.05, 4.69) is 6.92 Å². The zero-order chi connectivity index (χ0) is 15.0. The molecular weight excluding hydrogens is 274 g/mol. The molecule has 0 spiro atoms. The fourth-order valence-corrected chi connectivity index (χ4v) is 4.02. The fourth-order valence-electron chi connectivity index (χ4n) is 2.89. The van der Waals surface area contributed by atoms with Crippen molar-refractivity contribution in [3.8, 4) is 0 Å². The van der Waals surface area contributed by atoms with Gasteiger partial charge in [-0.25, -0.2) is 8.42 Å². The van der Waals surface area contributed by atoms with E-state index in [-0.39, 0.29) is 17.6 Å². The summed E-state index contributed by atoms with van der Waals surface area (Å²) in [5, 5.41) is 0. The number of hydrogen-bond acceptors (Lipinski definition) is 3. The highest BCUT2D eigenvalue weighted by molar-refractivity contribution is 7.90. The minimum Gasteiger partial charge on any atom is -0.342 e. The van der Waals surface area contributed by atoms with E-state index < -0.39 is 9.84 Å². The van der Waals surface area contributed by atoms with Crippen molar-refractivity contribution in [3.63, 3.8) is 0 Å². The fraction of sp³-hybridized carbons (Fsp3) is 0.933. The van der Waals surface area contributed by atoms with Crippen molar-refractivity contribution in [2.75, 3.05) is 25.1 Å². The molecule has 1 aliphatic rings. The Bertz CT molecular complexity index is 392. The monoisotopic (exact) mass is 303 g/mol. The molecule has 0 bridgehead atoms. The average molecular weight is 303 g/mol. The zero-order valence-corrected chi connectivity index (χ0v) is 13.8. The van der Waals surface area contributed by atoms with Gasteiger partial charge in [0.15, 0.2) is 0 Å². The molecule has 1 aliphatic heterocycles. The van der Waals surface area contributed by atoms with Gasteiger partial charge in [0.05, 0.1) is 5.75 Å². The molecule has 5 heteroatoms. The number of hydrogen-bond donors (Lipinski definition) is 0. The van der Waals surface area contributed by atoms with Crippen molar-refractivity contribution in [2.45, 2.75) is 58.3 Å². The normalized spacial score (nSPS) is 20.1. The van der Waals surface area contributed by atoms with Gasteiger partial charge in [-0.3, -0.25) is 4.79 Å². The molecule has 20 heavy (non-hydrogen) atoms. The third kappa shape index (κ3) is 7.27. The zero-order valence-electron chi connectivity index (χ0n) is 12.9. The molecule has 0 saturated carbocycles. The molecule has 0 aromatic carbocycles. The Morgan fingerprint density at radius 3 is 2.55 bits per heavy atom. The molecule has 1 heterocycles. The molecule has 0 aromatic rings. The Hall–Kier alpha value is -0.580. The lowest BCUT2D eigenvalue weighted by molar-refractivity contribution is -0.133. The molecule has 0 N–H and O–H groups in total. The molecule has 0 aromatic heterocycles. The Kier molecular flexibility index (Phi) is 7.56. The van der Waals surface area contributed by atoms with Crippen molar-refractivity contribution in [1.82, 2.24) is 4.90 Å². The van der Waals surface area contributed by atoms with Gasteiger partial charge in [-0.1, -0.05) is 32.6 Å². The number of likely N-dealkylation sites (tertiary alicyclic amines) is 1. The number of unbranched alkanes of at least 4 members (excludes halogenated alkanes) is 4.